The normalized spacial score (nSPS) is 10.6. The summed E-state index contributed by atoms with van der Waals surface area (Å²) in [6.45, 7) is 4.40. The van der Waals surface area contributed by atoms with Gasteiger partial charge in [-0.2, -0.15) is 5.10 Å². The number of nitrogens with zero attached hydrogens (tertiary/aromatic N) is 3. The van der Waals surface area contributed by atoms with Crippen LogP contribution in [0.2, 0.25) is 0 Å². The lowest BCUT2D eigenvalue weighted by molar-refractivity contribution is 0.0695. The third-order valence-corrected chi connectivity index (χ3v) is 3.40. The van der Waals surface area contributed by atoms with Crippen LogP contribution in [-0.4, -0.2) is 28.3 Å². The van der Waals surface area contributed by atoms with Crippen LogP contribution in [0.4, 0.5) is 5.82 Å². The molecule has 0 aromatic carbocycles. The first kappa shape index (κ1) is 15.0. The van der Waals surface area contributed by atoms with Crippen molar-refractivity contribution in [1.82, 2.24) is 10.2 Å². The molecule has 0 aliphatic carbocycles. The number of hydrogen-bond acceptors (Lipinski definition) is 5. The zero-order valence-corrected chi connectivity index (χ0v) is 12.5. The number of aryl methyl sites for hydroxylation is 1. The lowest BCUT2D eigenvalue weighted by atomic mass is 10.0. The van der Waals surface area contributed by atoms with E-state index < -0.39 is 5.97 Å². The van der Waals surface area contributed by atoms with Crippen LogP contribution < -0.4 is 4.90 Å². The van der Waals surface area contributed by atoms with Crippen LogP contribution in [0.25, 0.3) is 0 Å². The van der Waals surface area contributed by atoms with Gasteiger partial charge in [0.25, 0.3) is 0 Å². The number of hydrogen-bond donors (Lipinski definition) is 1. The second kappa shape index (κ2) is 6.39. The van der Waals surface area contributed by atoms with Gasteiger partial charge >= 0.3 is 5.97 Å². The van der Waals surface area contributed by atoms with Gasteiger partial charge < -0.3 is 14.4 Å². The molecule has 0 aliphatic heterocycles. The first-order chi connectivity index (χ1) is 10.1. The van der Waals surface area contributed by atoms with E-state index in [0.717, 1.165) is 16.8 Å². The number of furan rings is 1. The molecule has 21 heavy (non-hydrogen) atoms. The fourth-order valence-corrected chi connectivity index (χ4v) is 2.39. The van der Waals surface area contributed by atoms with Crippen molar-refractivity contribution in [2.45, 2.75) is 33.2 Å². The van der Waals surface area contributed by atoms with E-state index in [1.165, 1.54) is 0 Å². The van der Waals surface area contributed by atoms with E-state index in [4.69, 9.17) is 4.42 Å². The average molecular weight is 289 g/mol. The molecular weight excluding hydrogens is 270 g/mol. The summed E-state index contributed by atoms with van der Waals surface area (Å²) in [5, 5.41) is 17.9. The van der Waals surface area contributed by atoms with Crippen molar-refractivity contribution < 1.29 is 14.3 Å². The Bertz CT molecular complexity index is 623. The van der Waals surface area contributed by atoms with Gasteiger partial charge in [-0.3, -0.25) is 0 Å². The minimum absolute atomic E-state index is 0.246. The number of anilines is 1. The zero-order chi connectivity index (χ0) is 15.4. The molecule has 2 aromatic rings. The van der Waals surface area contributed by atoms with Crippen molar-refractivity contribution in [3.8, 4) is 0 Å². The van der Waals surface area contributed by atoms with Crippen LogP contribution >= 0.6 is 0 Å². The lowest BCUT2D eigenvalue weighted by Crippen LogP contribution is -2.23. The molecule has 0 saturated carbocycles. The molecule has 0 bridgehead atoms. The molecule has 2 aromatic heterocycles. The number of carbonyl (C=O) groups is 1. The smallest absolute Gasteiger partial charge is 0.339 e. The number of carboxylic acid groups (broad SMARTS) is 1. The fourth-order valence-electron chi connectivity index (χ4n) is 2.39. The van der Waals surface area contributed by atoms with Gasteiger partial charge in [-0.1, -0.05) is 13.8 Å². The summed E-state index contributed by atoms with van der Waals surface area (Å²) < 4.78 is 5.03. The molecule has 2 heterocycles. The summed E-state index contributed by atoms with van der Waals surface area (Å²) in [5.41, 5.74) is 2.70. The van der Waals surface area contributed by atoms with Crippen LogP contribution in [-0.2, 0) is 19.4 Å². The molecule has 0 saturated heterocycles. The van der Waals surface area contributed by atoms with Crippen molar-refractivity contribution in [1.29, 1.82) is 0 Å². The Balaban J connectivity index is 2.45. The second-order valence-corrected chi connectivity index (χ2v) is 4.82. The minimum Gasteiger partial charge on any atom is -0.478 e. The first-order valence-corrected chi connectivity index (χ1v) is 6.92. The third-order valence-electron chi connectivity index (χ3n) is 3.40. The van der Waals surface area contributed by atoms with Gasteiger partial charge in [0.1, 0.15) is 5.56 Å². The minimum atomic E-state index is -0.967. The molecule has 0 atom stereocenters. The largest absolute Gasteiger partial charge is 0.478 e. The van der Waals surface area contributed by atoms with Gasteiger partial charge in [0.15, 0.2) is 5.82 Å². The van der Waals surface area contributed by atoms with Crippen molar-refractivity contribution in [3.05, 3.63) is 41.0 Å². The fraction of sp³-hybridized carbons (Fsp3) is 0.400. The summed E-state index contributed by atoms with van der Waals surface area (Å²) >= 11 is 0. The summed E-state index contributed by atoms with van der Waals surface area (Å²) in [6.07, 6.45) is 4.51. The maximum Gasteiger partial charge on any atom is 0.339 e. The van der Waals surface area contributed by atoms with Gasteiger partial charge in [-0.05, 0) is 24.5 Å². The molecule has 6 heteroatoms. The van der Waals surface area contributed by atoms with Gasteiger partial charge in [-0.25, -0.2) is 4.79 Å². The highest BCUT2D eigenvalue weighted by Gasteiger charge is 2.22. The van der Waals surface area contributed by atoms with E-state index in [1.807, 2.05) is 19.9 Å². The molecule has 0 fully saturated rings. The Morgan fingerprint density at radius 2 is 2.10 bits per heavy atom. The predicted molar refractivity (Wildman–Crippen MR) is 78.6 cm³/mol. The van der Waals surface area contributed by atoms with E-state index in [0.29, 0.717) is 25.2 Å². The highest BCUT2D eigenvalue weighted by Crippen LogP contribution is 2.24. The molecule has 0 aliphatic rings. The summed E-state index contributed by atoms with van der Waals surface area (Å²) in [7, 11) is 1.80. The monoisotopic (exact) mass is 289 g/mol. The van der Waals surface area contributed by atoms with Crippen molar-refractivity contribution in [2.75, 3.05) is 11.9 Å². The number of rotatable bonds is 6. The topological polar surface area (TPSA) is 79.5 Å². The quantitative estimate of drug-likeness (QED) is 0.880. The highest BCUT2D eigenvalue weighted by molar-refractivity contribution is 5.95. The maximum absolute atomic E-state index is 11.7. The predicted octanol–water partition coefficient (Wildman–Crippen LogP) is 2.53. The number of carboxylic acids is 1. The summed E-state index contributed by atoms with van der Waals surface area (Å²) in [6, 6.07) is 1.84. The SMILES string of the molecule is CCc1nnc(N(C)Cc2ccoc2)c(C(=O)O)c1CC. The molecule has 0 amide bonds. The number of aromatic carboxylic acids is 1. The Hall–Kier alpha value is -2.37. The Labute approximate surface area is 123 Å². The van der Waals surface area contributed by atoms with E-state index in [1.54, 1.807) is 24.5 Å². The molecule has 6 nitrogen and oxygen atoms in total. The van der Waals surface area contributed by atoms with Crippen LogP contribution in [0, 0.1) is 0 Å². The molecule has 1 N–H and O–H groups in total. The van der Waals surface area contributed by atoms with Crippen molar-refractivity contribution in [3.63, 3.8) is 0 Å². The van der Waals surface area contributed by atoms with Crippen LogP contribution in [0.15, 0.2) is 23.0 Å². The van der Waals surface area contributed by atoms with Gasteiger partial charge in [0.2, 0.25) is 0 Å². The van der Waals surface area contributed by atoms with Gasteiger partial charge in [0.05, 0.1) is 18.2 Å². The maximum atomic E-state index is 11.7. The van der Waals surface area contributed by atoms with Gasteiger partial charge in [-0.15, -0.1) is 5.10 Å². The van der Waals surface area contributed by atoms with E-state index in [-0.39, 0.29) is 5.56 Å². The lowest BCUT2D eigenvalue weighted by Gasteiger charge is -2.21. The molecule has 0 spiro atoms. The van der Waals surface area contributed by atoms with E-state index >= 15 is 0 Å². The molecule has 0 unspecified atom stereocenters. The third kappa shape index (κ3) is 3.04. The Kier molecular flexibility index (Phi) is 4.57. The van der Waals surface area contributed by atoms with Gasteiger partial charge in [0, 0.05) is 19.2 Å². The van der Waals surface area contributed by atoms with Crippen molar-refractivity contribution >= 4 is 11.8 Å². The molecule has 0 radical (unpaired) electrons. The van der Waals surface area contributed by atoms with Crippen molar-refractivity contribution in [2.24, 2.45) is 0 Å². The summed E-state index contributed by atoms with van der Waals surface area (Å²) in [4.78, 5) is 13.4. The highest BCUT2D eigenvalue weighted by atomic mass is 16.4. The Morgan fingerprint density at radius 3 is 2.62 bits per heavy atom. The first-order valence-electron chi connectivity index (χ1n) is 6.92. The summed E-state index contributed by atoms with van der Waals surface area (Å²) in [5.74, 6) is -0.580. The molecule has 2 rings (SSSR count). The molecular formula is C15H19N3O3. The molecule has 112 valence electrons. The van der Waals surface area contributed by atoms with E-state index in [2.05, 4.69) is 10.2 Å². The van der Waals surface area contributed by atoms with Crippen LogP contribution in [0.3, 0.4) is 0 Å². The van der Waals surface area contributed by atoms with Crippen LogP contribution in [0.1, 0.15) is 41.0 Å². The zero-order valence-electron chi connectivity index (χ0n) is 12.5. The number of aromatic nitrogens is 2. The van der Waals surface area contributed by atoms with E-state index in [9.17, 15) is 9.90 Å². The average Bonchev–Trinajstić information content (AvgIpc) is 2.98. The second-order valence-electron chi connectivity index (χ2n) is 4.82. The standard InChI is InChI=1S/C15H19N3O3/c1-4-11-12(5-2)16-17-14(13(11)15(19)20)18(3)8-10-6-7-21-9-10/h6-7,9H,4-5,8H2,1-3H3,(H,19,20). The Morgan fingerprint density at radius 1 is 1.33 bits per heavy atom. The van der Waals surface area contributed by atoms with Crippen LogP contribution in [0.5, 0.6) is 0 Å².